The van der Waals surface area contributed by atoms with Crippen LogP contribution >= 0.6 is 35.4 Å². The van der Waals surface area contributed by atoms with Gasteiger partial charge in [0.1, 0.15) is 5.75 Å². The third kappa shape index (κ3) is 5.02. The van der Waals surface area contributed by atoms with Crippen LogP contribution in [0.2, 0.25) is 10.0 Å². The van der Waals surface area contributed by atoms with Crippen molar-refractivity contribution in [2.75, 3.05) is 12.4 Å². The van der Waals surface area contributed by atoms with E-state index in [4.69, 9.17) is 40.2 Å². The number of anilines is 1. The highest BCUT2D eigenvalue weighted by atomic mass is 35.5. The molecule has 0 saturated carbocycles. The number of ether oxygens (including phenoxy) is 1. The molecule has 0 bridgehead atoms. The molecular weight excluding hydrogens is 389 g/mol. The first-order chi connectivity index (χ1) is 11.8. The molecule has 2 rings (SSSR count). The average Bonchev–Trinajstić information content (AvgIpc) is 2.53. The highest BCUT2D eigenvalue weighted by Gasteiger charge is 2.14. The fraction of sp³-hybridized carbons (Fsp3) is 0.0667. The van der Waals surface area contributed by atoms with Crippen molar-refractivity contribution < 1.29 is 14.5 Å². The molecule has 0 unspecified atom stereocenters. The highest BCUT2D eigenvalue weighted by molar-refractivity contribution is 7.80. The van der Waals surface area contributed by atoms with Crippen LogP contribution in [0.1, 0.15) is 10.4 Å². The second kappa shape index (κ2) is 8.11. The van der Waals surface area contributed by atoms with Crippen LogP contribution in [-0.4, -0.2) is 23.1 Å². The first-order valence-corrected chi connectivity index (χ1v) is 7.87. The summed E-state index contributed by atoms with van der Waals surface area (Å²) in [5.41, 5.74) is 0.464. The van der Waals surface area contributed by atoms with Gasteiger partial charge in [-0.1, -0.05) is 23.2 Å². The molecule has 0 fully saturated rings. The molecule has 2 aromatic rings. The summed E-state index contributed by atoms with van der Waals surface area (Å²) in [7, 11) is 1.36. The summed E-state index contributed by atoms with van der Waals surface area (Å²) in [5, 5.41) is 16.6. The van der Waals surface area contributed by atoms with Crippen molar-refractivity contribution in [3.8, 4) is 5.75 Å². The molecule has 0 aliphatic rings. The first kappa shape index (κ1) is 18.9. The number of methoxy groups -OCH3 is 1. The van der Waals surface area contributed by atoms with E-state index in [1.165, 1.54) is 43.5 Å². The van der Waals surface area contributed by atoms with E-state index in [-0.39, 0.29) is 22.1 Å². The summed E-state index contributed by atoms with van der Waals surface area (Å²) in [4.78, 5) is 22.4. The van der Waals surface area contributed by atoms with Gasteiger partial charge in [-0.05, 0) is 36.5 Å². The Balaban J connectivity index is 2.12. The van der Waals surface area contributed by atoms with Crippen molar-refractivity contribution in [1.82, 2.24) is 5.32 Å². The van der Waals surface area contributed by atoms with Gasteiger partial charge in [-0.3, -0.25) is 20.2 Å². The molecule has 0 aliphatic carbocycles. The normalized spacial score (nSPS) is 10.0. The van der Waals surface area contributed by atoms with Gasteiger partial charge >= 0.3 is 0 Å². The van der Waals surface area contributed by atoms with E-state index in [0.29, 0.717) is 15.7 Å². The van der Waals surface area contributed by atoms with Crippen LogP contribution in [0.5, 0.6) is 5.75 Å². The Kier molecular flexibility index (Phi) is 6.13. The van der Waals surface area contributed by atoms with Crippen LogP contribution in [0.4, 0.5) is 11.4 Å². The number of hydrogen-bond donors (Lipinski definition) is 2. The number of benzene rings is 2. The fourth-order valence-electron chi connectivity index (χ4n) is 1.91. The molecule has 10 heteroatoms. The van der Waals surface area contributed by atoms with Gasteiger partial charge in [0, 0.05) is 21.7 Å². The monoisotopic (exact) mass is 399 g/mol. The third-order valence-electron chi connectivity index (χ3n) is 3.00. The lowest BCUT2D eigenvalue weighted by atomic mass is 10.2. The van der Waals surface area contributed by atoms with E-state index >= 15 is 0 Å². The minimum absolute atomic E-state index is 0.0201. The van der Waals surface area contributed by atoms with E-state index < -0.39 is 10.8 Å². The van der Waals surface area contributed by atoms with E-state index in [2.05, 4.69) is 10.6 Å². The van der Waals surface area contributed by atoms with Gasteiger partial charge in [0.05, 0.1) is 23.8 Å². The SMILES string of the molecule is COc1cc([N+](=O)[O-])ccc1NC(=S)NC(=O)c1cc(Cl)cc(Cl)c1. The molecule has 0 heterocycles. The maximum absolute atomic E-state index is 12.2. The van der Waals surface area contributed by atoms with Crippen molar-refractivity contribution >= 4 is 57.8 Å². The van der Waals surface area contributed by atoms with Crippen LogP contribution in [0.25, 0.3) is 0 Å². The highest BCUT2D eigenvalue weighted by Crippen LogP contribution is 2.29. The van der Waals surface area contributed by atoms with Crippen LogP contribution in [0.3, 0.4) is 0 Å². The number of amides is 1. The molecule has 0 saturated heterocycles. The summed E-state index contributed by atoms with van der Waals surface area (Å²) in [6, 6.07) is 8.33. The number of nitro groups is 1. The minimum atomic E-state index is -0.546. The Hall–Kier alpha value is -2.42. The predicted molar refractivity (Wildman–Crippen MR) is 99.8 cm³/mol. The Morgan fingerprint density at radius 1 is 1.20 bits per heavy atom. The fourth-order valence-corrected chi connectivity index (χ4v) is 2.64. The topological polar surface area (TPSA) is 93.5 Å². The van der Waals surface area contributed by atoms with Gasteiger partial charge in [-0.25, -0.2) is 0 Å². The minimum Gasteiger partial charge on any atom is -0.494 e. The number of halogens is 2. The number of carbonyl (C=O) groups is 1. The second-order valence-corrected chi connectivity index (χ2v) is 5.99. The van der Waals surface area contributed by atoms with Gasteiger partial charge in [-0.2, -0.15) is 0 Å². The quantitative estimate of drug-likeness (QED) is 0.457. The summed E-state index contributed by atoms with van der Waals surface area (Å²) >= 11 is 16.8. The maximum atomic E-state index is 12.2. The summed E-state index contributed by atoms with van der Waals surface area (Å²) in [6.45, 7) is 0. The molecule has 130 valence electrons. The average molecular weight is 400 g/mol. The molecule has 1 amide bonds. The smallest absolute Gasteiger partial charge is 0.273 e. The molecule has 2 N–H and O–H groups in total. The van der Waals surface area contributed by atoms with E-state index in [1.54, 1.807) is 0 Å². The predicted octanol–water partition coefficient (Wildman–Crippen LogP) is 4.04. The largest absolute Gasteiger partial charge is 0.494 e. The number of carbonyl (C=O) groups excluding carboxylic acids is 1. The van der Waals surface area contributed by atoms with Crippen LogP contribution in [0, 0.1) is 10.1 Å². The molecule has 7 nitrogen and oxygen atoms in total. The lowest BCUT2D eigenvalue weighted by Gasteiger charge is -2.12. The summed E-state index contributed by atoms with van der Waals surface area (Å²) in [6.07, 6.45) is 0. The van der Waals surface area contributed by atoms with E-state index in [0.717, 1.165) is 0 Å². The van der Waals surface area contributed by atoms with Gasteiger partial charge < -0.3 is 10.1 Å². The first-order valence-electron chi connectivity index (χ1n) is 6.71. The molecule has 0 radical (unpaired) electrons. The Morgan fingerprint density at radius 2 is 1.84 bits per heavy atom. The zero-order chi connectivity index (χ0) is 18.6. The number of non-ortho nitro benzene ring substituents is 1. The second-order valence-electron chi connectivity index (χ2n) is 4.71. The Bertz CT molecular complexity index is 840. The molecule has 2 aromatic carbocycles. The summed E-state index contributed by atoms with van der Waals surface area (Å²) < 4.78 is 5.08. The molecule has 0 aromatic heterocycles. The zero-order valence-electron chi connectivity index (χ0n) is 12.7. The molecule has 0 spiro atoms. The molecule has 25 heavy (non-hydrogen) atoms. The van der Waals surface area contributed by atoms with Gasteiger partial charge in [0.15, 0.2) is 5.11 Å². The van der Waals surface area contributed by atoms with E-state index in [9.17, 15) is 14.9 Å². The molecular formula is C15H11Cl2N3O4S. The van der Waals surface area contributed by atoms with E-state index in [1.807, 2.05) is 0 Å². The van der Waals surface area contributed by atoms with Crippen molar-refractivity contribution in [2.45, 2.75) is 0 Å². The maximum Gasteiger partial charge on any atom is 0.273 e. The Labute approximate surface area is 158 Å². The number of rotatable bonds is 4. The number of nitrogens with zero attached hydrogens (tertiary/aromatic N) is 1. The van der Waals surface area contributed by atoms with Gasteiger partial charge in [-0.15, -0.1) is 0 Å². The number of nitro benzene ring substituents is 1. The van der Waals surface area contributed by atoms with Gasteiger partial charge in [0.25, 0.3) is 11.6 Å². The number of hydrogen-bond acceptors (Lipinski definition) is 5. The van der Waals surface area contributed by atoms with Crippen molar-refractivity contribution in [3.63, 3.8) is 0 Å². The van der Waals surface area contributed by atoms with Gasteiger partial charge in [0.2, 0.25) is 0 Å². The Morgan fingerprint density at radius 3 is 2.40 bits per heavy atom. The van der Waals surface area contributed by atoms with Crippen LogP contribution in [0.15, 0.2) is 36.4 Å². The van der Waals surface area contributed by atoms with Crippen molar-refractivity contribution in [3.05, 3.63) is 62.1 Å². The van der Waals surface area contributed by atoms with Crippen molar-refractivity contribution in [2.24, 2.45) is 0 Å². The zero-order valence-corrected chi connectivity index (χ0v) is 15.0. The third-order valence-corrected chi connectivity index (χ3v) is 3.64. The lowest BCUT2D eigenvalue weighted by Crippen LogP contribution is -2.34. The van der Waals surface area contributed by atoms with Crippen LogP contribution in [-0.2, 0) is 0 Å². The lowest BCUT2D eigenvalue weighted by molar-refractivity contribution is -0.384. The summed E-state index contributed by atoms with van der Waals surface area (Å²) in [5.74, 6) is -0.306. The molecule has 0 atom stereocenters. The number of nitrogens with one attached hydrogen (secondary N) is 2. The van der Waals surface area contributed by atoms with Crippen molar-refractivity contribution in [1.29, 1.82) is 0 Å². The van der Waals surface area contributed by atoms with Crippen LogP contribution < -0.4 is 15.4 Å². The number of thiocarbonyl (C=S) groups is 1. The standard InChI is InChI=1S/C15H11Cl2N3O4S/c1-24-13-7-11(20(22)23)2-3-12(13)18-15(25)19-14(21)8-4-9(16)6-10(17)5-8/h2-7H,1H3,(H2,18,19,21,25). The molecule has 0 aliphatic heterocycles.